The fourth-order valence-corrected chi connectivity index (χ4v) is 1.44. The molecule has 0 bridgehead atoms. The van der Waals surface area contributed by atoms with E-state index in [4.69, 9.17) is 9.84 Å². The lowest BCUT2D eigenvalue weighted by molar-refractivity contribution is -0.123. The van der Waals surface area contributed by atoms with Gasteiger partial charge in [0.15, 0.2) is 6.61 Å². The Morgan fingerprint density at radius 2 is 2.05 bits per heavy atom. The minimum absolute atomic E-state index is 0.0576. The summed E-state index contributed by atoms with van der Waals surface area (Å²) < 4.78 is 5.28. The summed E-state index contributed by atoms with van der Waals surface area (Å²) in [6, 6.07) is 4.77. The van der Waals surface area contributed by atoms with E-state index in [0.717, 1.165) is 5.56 Å². The number of carboxylic acid groups (broad SMARTS) is 1. The molecule has 0 unspecified atom stereocenters. The van der Waals surface area contributed by atoms with Crippen molar-refractivity contribution in [2.75, 3.05) is 13.2 Å². The first-order chi connectivity index (χ1) is 8.90. The molecule has 0 heterocycles. The molecule has 0 saturated carbocycles. The third kappa shape index (κ3) is 4.99. The lowest BCUT2D eigenvalue weighted by Gasteiger charge is -2.11. The average Bonchev–Trinajstić information content (AvgIpc) is 2.33. The fourth-order valence-electron chi connectivity index (χ4n) is 1.44. The molecule has 0 radical (unpaired) electrons. The van der Waals surface area contributed by atoms with Crippen LogP contribution < -0.4 is 10.1 Å². The number of carbonyl (C=O) groups is 2. The molecule has 0 saturated heterocycles. The van der Waals surface area contributed by atoms with E-state index in [1.54, 1.807) is 12.1 Å². The molecule has 104 valence electrons. The molecule has 0 spiro atoms. The van der Waals surface area contributed by atoms with Gasteiger partial charge in [-0.05, 0) is 30.5 Å². The molecule has 19 heavy (non-hydrogen) atoms. The van der Waals surface area contributed by atoms with Crippen LogP contribution >= 0.6 is 0 Å². The number of rotatable bonds is 6. The summed E-state index contributed by atoms with van der Waals surface area (Å²) in [5.41, 5.74) is 0.935. The summed E-state index contributed by atoms with van der Waals surface area (Å²) in [6.45, 7) is 6.20. The second-order valence-corrected chi connectivity index (χ2v) is 4.79. The van der Waals surface area contributed by atoms with Crippen molar-refractivity contribution in [1.29, 1.82) is 0 Å². The minimum Gasteiger partial charge on any atom is -0.483 e. The summed E-state index contributed by atoms with van der Waals surface area (Å²) in [5, 5.41) is 11.7. The van der Waals surface area contributed by atoms with E-state index in [2.05, 4.69) is 5.32 Å². The van der Waals surface area contributed by atoms with Gasteiger partial charge in [0.2, 0.25) is 0 Å². The second-order valence-electron chi connectivity index (χ2n) is 4.79. The Kier molecular flexibility index (Phi) is 5.36. The van der Waals surface area contributed by atoms with Crippen molar-refractivity contribution in [2.24, 2.45) is 5.92 Å². The zero-order chi connectivity index (χ0) is 14.4. The number of hydrogen-bond donors (Lipinski definition) is 2. The second kappa shape index (κ2) is 6.78. The van der Waals surface area contributed by atoms with Crippen LogP contribution in [-0.2, 0) is 4.79 Å². The van der Waals surface area contributed by atoms with E-state index in [9.17, 15) is 9.59 Å². The van der Waals surface area contributed by atoms with Gasteiger partial charge >= 0.3 is 5.97 Å². The first-order valence-corrected chi connectivity index (χ1v) is 6.13. The topological polar surface area (TPSA) is 75.6 Å². The quantitative estimate of drug-likeness (QED) is 0.823. The molecule has 1 aromatic rings. The van der Waals surface area contributed by atoms with Crippen molar-refractivity contribution < 1.29 is 19.4 Å². The number of ether oxygens (including phenoxy) is 1. The molecular formula is C14H19NO4. The van der Waals surface area contributed by atoms with E-state index in [-0.39, 0.29) is 23.8 Å². The van der Waals surface area contributed by atoms with Gasteiger partial charge in [0.25, 0.3) is 5.91 Å². The highest BCUT2D eigenvalue weighted by Gasteiger charge is 2.12. The molecular weight excluding hydrogens is 246 g/mol. The number of aryl methyl sites for hydroxylation is 1. The van der Waals surface area contributed by atoms with Crippen molar-refractivity contribution >= 4 is 11.9 Å². The summed E-state index contributed by atoms with van der Waals surface area (Å²) >= 11 is 0. The number of carboxylic acids is 1. The smallest absolute Gasteiger partial charge is 0.339 e. The van der Waals surface area contributed by atoms with Gasteiger partial charge < -0.3 is 15.2 Å². The summed E-state index contributed by atoms with van der Waals surface area (Å²) in [4.78, 5) is 22.5. The Labute approximate surface area is 112 Å². The van der Waals surface area contributed by atoms with Crippen LogP contribution in [0.15, 0.2) is 18.2 Å². The molecule has 0 aliphatic carbocycles. The highest BCUT2D eigenvalue weighted by atomic mass is 16.5. The normalized spacial score (nSPS) is 10.3. The minimum atomic E-state index is -1.07. The van der Waals surface area contributed by atoms with Gasteiger partial charge in [-0.25, -0.2) is 4.79 Å². The molecule has 1 aromatic carbocycles. The molecule has 5 heteroatoms. The molecule has 0 atom stereocenters. The Morgan fingerprint density at radius 3 is 2.63 bits per heavy atom. The number of aromatic carboxylic acids is 1. The van der Waals surface area contributed by atoms with Crippen molar-refractivity contribution in [2.45, 2.75) is 20.8 Å². The van der Waals surface area contributed by atoms with Gasteiger partial charge in [-0.2, -0.15) is 0 Å². The number of carbonyl (C=O) groups excluding carboxylic acids is 1. The van der Waals surface area contributed by atoms with Gasteiger partial charge in [-0.15, -0.1) is 0 Å². The van der Waals surface area contributed by atoms with Crippen molar-refractivity contribution in [3.05, 3.63) is 29.3 Å². The Morgan fingerprint density at radius 1 is 1.37 bits per heavy atom. The standard InChI is InChI=1S/C14H19NO4/c1-9(2)7-15-13(16)8-19-12-6-10(3)4-5-11(12)14(17)18/h4-6,9H,7-8H2,1-3H3,(H,15,16)(H,17,18). The molecule has 0 aliphatic heterocycles. The number of amides is 1. The molecule has 0 aliphatic rings. The van der Waals surface area contributed by atoms with Crippen LogP contribution in [0.4, 0.5) is 0 Å². The number of hydrogen-bond acceptors (Lipinski definition) is 3. The summed E-state index contributed by atoms with van der Waals surface area (Å²) in [5.74, 6) is -0.756. The Balaban J connectivity index is 2.64. The van der Waals surface area contributed by atoms with Gasteiger partial charge in [0, 0.05) is 6.54 Å². The Hall–Kier alpha value is -2.04. The summed E-state index contributed by atoms with van der Waals surface area (Å²) in [6.07, 6.45) is 0. The lowest BCUT2D eigenvalue weighted by Crippen LogP contribution is -2.31. The largest absolute Gasteiger partial charge is 0.483 e. The fraction of sp³-hybridized carbons (Fsp3) is 0.429. The van der Waals surface area contributed by atoms with E-state index in [1.807, 2.05) is 20.8 Å². The molecule has 5 nitrogen and oxygen atoms in total. The first kappa shape index (κ1) is 15.0. The van der Waals surface area contributed by atoms with E-state index >= 15 is 0 Å². The van der Waals surface area contributed by atoms with Crippen LogP contribution in [0.5, 0.6) is 5.75 Å². The van der Waals surface area contributed by atoms with Crippen molar-refractivity contribution in [3.8, 4) is 5.75 Å². The zero-order valence-corrected chi connectivity index (χ0v) is 11.4. The summed E-state index contributed by atoms with van der Waals surface area (Å²) in [7, 11) is 0. The molecule has 1 rings (SSSR count). The highest BCUT2D eigenvalue weighted by molar-refractivity contribution is 5.91. The SMILES string of the molecule is Cc1ccc(C(=O)O)c(OCC(=O)NCC(C)C)c1. The monoisotopic (exact) mass is 265 g/mol. The van der Waals surface area contributed by atoms with Crippen molar-refractivity contribution in [1.82, 2.24) is 5.32 Å². The maximum absolute atomic E-state index is 11.5. The van der Waals surface area contributed by atoms with Gasteiger partial charge in [0.05, 0.1) is 0 Å². The van der Waals surface area contributed by atoms with Crippen LogP contribution in [-0.4, -0.2) is 30.1 Å². The molecule has 0 aromatic heterocycles. The van der Waals surface area contributed by atoms with Crippen LogP contribution in [0, 0.1) is 12.8 Å². The molecule has 2 N–H and O–H groups in total. The van der Waals surface area contributed by atoms with Gasteiger partial charge in [-0.1, -0.05) is 19.9 Å². The lowest BCUT2D eigenvalue weighted by atomic mass is 10.1. The molecule has 0 fully saturated rings. The third-order valence-electron chi connectivity index (χ3n) is 2.43. The number of benzene rings is 1. The van der Waals surface area contributed by atoms with Crippen LogP contribution in [0.1, 0.15) is 29.8 Å². The predicted octanol–water partition coefficient (Wildman–Crippen LogP) is 1.84. The predicted molar refractivity (Wildman–Crippen MR) is 71.5 cm³/mol. The zero-order valence-electron chi connectivity index (χ0n) is 11.4. The highest BCUT2D eigenvalue weighted by Crippen LogP contribution is 2.20. The average molecular weight is 265 g/mol. The van der Waals surface area contributed by atoms with Crippen molar-refractivity contribution in [3.63, 3.8) is 0 Å². The van der Waals surface area contributed by atoms with Gasteiger partial charge in [-0.3, -0.25) is 4.79 Å². The van der Waals surface area contributed by atoms with Gasteiger partial charge in [0.1, 0.15) is 11.3 Å². The first-order valence-electron chi connectivity index (χ1n) is 6.13. The van der Waals surface area contributed by atoms with Crippen LogP contribution in [0.3, 0.4) is 0 Å². The van der Waals surface area contributed by atoms with E-state index in [1.165, 1.54) is 6.07 Å². The maximum atomic E-state index is 11.5. The third-order valence-corrected chi connectivity index (χ3v) is 2.43. The number of nitrogens with one attached hydrogen (secondary N) is 1. The van der Waals surface area contributed by atoms with E-state index in [0.29, 0.717) is 12.5 Å². The Bertz CT molecular complexity index is 469. The van der Waals surface area contributed by atoms with E-state index < -0.39 is 5.97 Å². The maximum Gasteiger partial charge on any atom is 0.339 e. The molecule has 1 amide bonds. The van der Waals surface area contributed by atoms with Crippen LogP contribution in [0.2, 0.25) is 0 Å². The van der Waals surface area contributed by atoms with Crippen LogP contribution in [0.25, 0.3) is 0 Å².